The number of nitrogens with zero attached hydrogens (tertiary/aromatic N) is 1. The zero-order chi connectivity index (χ0) is 13.0. The van der Waals surface area contributed by atoms with E-state index in [1.165, 1.54) is 6.26 Å². The highest BCUT2D eigenvalue weighted by Crippen LogP contribution is 2.24. The average Bonchev–Trinajstić information content (AvgIpc) is 2.78. The normalized spacial score (nSPS) is 30.7. The third-order valence-corrected chi connectivity index (χ3v) is 5.60. The third kappa shape index (κ3) is 3.91. The summed E-state index contributed by atoms with van der Waals surface area (Å²) in [6.45, 7) is 5.46. The Balaban J connectivity index is 1.72. The molecule has 0 aromatic heterocycles. The molecule has 18 heavy (non-hydrogen) atoms. The van der Waals surface area contributed by atoms with Crippen molar-refractivity contribution in [3.05, 3.63) is 0 Å². The number of ether oxygens (including phenoxy) is 1. The first-order valence-corrected chi connectivity index (χ1v) is 8.75. The summed E-state index contributed by atoms with van der Waals surface area (Å²) < 4.78 is 28.6. The maximum atomic E-state index is 11.6. The highest BCUT2D eigenvalue weighted by Gasteiger charge is 2.34. The molecule has 0 bridgehead atoms. The predicted octanol–water partition coefficient (Wildman–Crippen LogP) is -0.126. The SMILES string of the molecule is CS(=O)(=O)C1CCCC1NCCN1CCOCC1. The van der Waals surface area contributed by atoms with Gasteiger partial charge in [-0.15, -0.1) is 0 Å². The van der Waals surface area contributed by atoms with Gasteiger partial charge in [-0.05, 0) is 12.8 Å². The van der Waals surface area contributed by atoms with Gasteiger partial charge in [0.2, 0.25) is 0 Å². The first-order chi connectivity index (χ1) is 8.57. The number of morpholine rings is 1. The monoisotopic (exact) mass is 276 g/mol. The molecule has 0 amide bonds. The van der Waals surface area contributed by atoms with E-state index >= 15 is 0 Å². The molecule has 5 nitrogen and oxygen atoms in total. The molecule has 2 aliphatic rings. The van der Waals surface area contributed by atoms with E-state index in [4.69, 9.17) is 4.74 Å². The van der Waals surface area contributed by atoms with Gasteiger partial charge >= 0.3 is 0 Å². The van der Waals surface area contributed by atoms with Crippen molar-refractivity contribution in [2.75, 3.05) is 45.6 Å². The van der Waals surface area contributed by atoms with E-state index in [2.05, 4.69) is 10.2 Å². The van der Waals surface area contributed by atoms with E-state index in [1.54, 1.807) is 0 Å². The van der Waals surface area contributed by atoms with Crippen LogP contribution < -0.4 is 5.32 Å². The van der Waals surface area contributed by atoms with Crippen LogP contribution in [0.2, 0.25) is 0 Å². The van der Waals surface area contributed by atoms with E-state index in [-0.39, 0.29) is 11.3 Å². The van der Waals surface area contributed by atoms with Crippen molar-refractivity contribution in [2.24, 2.45) is 0 Å². The van der Waals surface area contributed by atoms with Gasteiger partial charge in [-0.25, -0.2) is 8.42 Å². The van der Waals surface area contributed by atoms with Crippen molar-refractivity contribution in [1.82, 2.24) is 10.2 Å². The molecule has 2 unspecified atom stereocenters. The number of sulfone groups is 1. The zero-order valence-corrected chi connectivity index (χ0v) is 11.9. The number of nitrogens with one attached hydrogen (secondary N) is 1. The molecule has 1 aliphatic heterocycles. The van der Waals surface area contributed by atoms with Crippen molar-refractivity contribution in [2.45, 2.75) is 30.6 Å². The maximum Gasteiger partial charge on any atom is 0.151 e. The summed E-state index contributed by atoms with van der Waals surface area (Å²) in [5, 5.41) is 3.25. The van der Waals surface area contributed by atoms with Gasteiger partial charge in [-0.3, -0.25) is 4.90 Å². The van der Waals surface area contributed by atoms with Gasteiger partial charge in [-0.2, -0.15) is 0 Å². The summed E-state index contributed by atoms with van der Waals surface area (Å²) in [6.07, 6.45) is 4.18. The van der Waals surface area contributed by atoms with Gasteiger partial charge in [0.05, 0.1) is 18.5 Å². The Morgan fingerprint density at radius 2 is 2.00 bits per heavy atom. The standard InChI is InChI=1S/C12H24N2O3S/c1-18(15,16)12-4-2-3-11(12)13-5-6-14-7-9-17-10-8-14/h11-13H,2-10H2,1H3. The molecule has 2 fully saturated rings. The van der Waals surface area contributed by atoms with Crippen LogP contribution in [0.4, 0.5) is 0 Å². The molecule has 1 heterocycles. The minimum atomic E-state index is -2.90. The molecule has 0 aromatic carbocycles. The van der Waals surface area contributed by atoms with Crippen LogP contribution in [0, 0.1) is 0 Å². The summed E-state index contributed by atoms with van der Waals surface area (Å²) in [5.74, 6) is 0. The van der Waals surface area contributed by atoms with Crippen molar-refractivity contribution in [3.8, 4) is 0 Å². The van der Waals surface area contributed by atoms with Crippen molar-refractivity contribution >= 4 is 9.84 Å². The van der Waals surface area contributed by atoms with Crippen molar-refractivity contribution in [3.63, 3.8) is 0 Å². The second kappa shape index (κ2) is 6.32. The molecule has 0 radical (unpaired) electrons. The molecule has 0 spiro atoms. The van der Waals surface area contributed by atoms with Crippen LogP contribution >= 0.6 is 0 Å². The van der Waals surface area contributed by atoms with E-state index in [0.29, 0.717) is 0 Å². The summed E-state index contributed by atoms with van der Waals surface area (Å²) in [4.78, 5) is 2.36. The van der Waals surface area contributed by atoms with Crippen LogP contribution in [0.5, 0.6) is 0 Å². The highest BCUT2D eigenvalue weighted by molar-refractivity contribution is 7.91. The minimum Gasteiger partial charge on any atom is -0.379 e. The highest BCUT2D eigenvalue weighted by atomic mass is 32.2. The van der Waals surface area contributed by atoms with Crippen LogP contribution in [-0.4, -0.2) is 70.3 Å². The smallest absolute Gasteiger partial charge is 0.151 e. The van der Waals surface area contributed by atoms with Crippen LogP contribution in [0.15, 0.2) is 0 Å². The van der Waals surface area contributed by atoms with E-state index in [1.807, 2.05) is 0 Å². The van der Waals surface area contributed by atoms with Gasteiger partial charge in [0, 0.05) is 38.5 Å². The summed E-state index contributed by atoms with van der Waals surface area (Å²) in [7, 11) is -2.90. The molecule has 2 rings (SSSR count). The lowest BCUT2D eigenvalue weighted by molar-refractivity contribution is 0.0381. The summed E-state index contributed by atoms with van der Waals surface area (Å²) >= 11 is 0. The third-order valence-electron chi connectivity index (χ3n) is 3.94. The van der Waals surface area contributed by atoms with Gasteiger partial charge in [0.1, 0.15) is 0 Å². The van der Waals surface area contributed by atoms with Crippen molar-refractivity contribution in [1.29, 1.82) is 0 Å². The summed E-state index contributed by atoms with van der Waals surface area (Å²) in [6, 6.07) is 0.154. The fraction of sp³-hybridized carbons (Fsp3) is 1.00. The van der Waals surface area contributed by atoms with Gasteiger partial charge in [0.25, 0.3) is 0 Å². The van der Waals surface area contributed by atoms with E-state index in [9.17, 15) is 8.42 Å². The topological polar surface area (TPSA) is 58.6 Å². The lowest BCUT2D eigenvalue weighted by Crippen LogP contribution is -2.45. The van der Waals surface area contributed by atoms with Gasteiger partial charge < -0.3 is 10.1 Å². The van der Waals surface area contributed by atoms with Crippen LogP contribution in [-0.2, 0) is 14.6 Å². The molecular formula is C12H24N2O3S. The lowest BCUT2D eigenvalue weighted by atomic mass is 10.2. The van der Waals surface area contributed by atoms with Gasteiger partial charge in [-0.1, -0.05) is 6.42 Å². The Morgan fingerprint density at radius 1 is 1.28 bits per heavy atom. The second-order valence-corrected chi connectivity index (χ2v) is 7.58. The molecule has 2 atom stereocenters. The minimum absolute atomic E-state index is 0.154. The first-order valence-electron chi connectivity index (χ1n) is 6.80. The Labute approximate surface area is 110 Å². The molecule has 0 aromatic rings. The molecular weight excluding hydrogens is 252 g/mol. The quantitative estimate of drug-likeness (QED) is 0.758. The summed E-state index contributed by atoms with van der Waals surface area (Å²) in [5.41, 5.74) is 0. The van der Waals surface area contributed by atoms with E-state index in [0.717, 1.165) is 58.7 Å². The molecule has 6 heteroatoms. The largest absolute Gasteiger partial charge is 0.379 e. The molecule has 1 aliphatic carbocycles. The maximum absolute atomic E-state index is 11.6. The van der Waals surface area contributed by atoms with Crippen LogP contribution in [0.1, 0.15) is 19.3 Å². The van der Waals surface area contributed by atoms with Crippen LogP contribution in [0.3, 0.4) is 0 Å². The predicted molar refractivity (Wildman–Crippen MR) is 71.5 cm³/mol. The second-order valence-electron chi connectivity index (χ2n) is 5.31. The number of hydrogen-bond acceptors (Lipinski definition) is 5. The molecule has 1 N–H and O–H groups in total. The van der Waals surface area contributed by atoms with Crippen LogP contribution in [0.25, 0.3) is 0 Å². The van der Waals surface area contributed by atoms with Gasteiger partial charge in [0.15, 0.2) is 9.84 Å². The lowest BCUT2D eigenvalue weighted by Gasteiger charge is -2.28. The fourth-order valence-electron chi connectivity index (χ4n) is 2.90. The fourth-order valence-corrected chi connectivity index (χ4v) is 4.33. The first kappa shape index (κ1) is 14.2. The molecule has 1 saturated heterocycles. The number of hydrogen-bond donors (Lipinski definition) is 1. The van der Waals surface area contributed by atoms with E-state index < -0.39 is 9.84 Å². The molecule has 1 saturated carbocycles. The zero-order valence-electron chi connectivity index (χ0n) is 11.1. The van der Waals surface area contributed by atoms with Crippen molar-refractivity contribution < 1.29 is 13.2 Å². The Kier molecular flexibility index (Phi) is 5.00. The molecule has 106 valence electrons. The Morgan fingerprint density at radius 3 is 2.67 bits per heavy atom. The Bertz CT molecular complexity index is 352. The Hall–Kier alpha value is -0.170. The average molecular weight is 276 g/mol. The number of rotatable bonds is 5.